The lowest BCUT2D eigenvalue weighted by molar-refractivity contribution is 0.594. The Morgan fingerprint density at radius 1 is 1.29 bits per heavy atom. The van der Waals surface area contributed by atoms with E-state index < -0.39 is 9.84 Å². The summed E-state index contributed by atoms with van der Waals surface area (Å²) in [6.45, 7) is 12.3. The zero-order valence-electron chi connectivity index (χ0n) is 9.63. The van der Waals surface area contributed by atoms with Gasteiger partial charge in [0.1, 0.15) is 0 Å². The van der Waals surface area contributed by atoms with Crippen molar-refractivity contribution >= 4 is 9.84 Å². The molecule has 0 bridgehead atoms. The molecule has 0 heterocycles. The normalized spacial score (nSPS) is 9.76. The van der Waals surface area contributed by atoms with Crippen molar-refractivity contribution in [2.45, 2.75) is 18.2 Å². The van der Waals surface area contributed by atoms with Gasteiger partial charge in [-0.15, -0.1) is 0 Å². The Hall–Kier alpha value is -1.85. The molecule has 0 atom stereocenters. The van der Waals surface area contributed by atoms with Crippen molar-refractivity contribution < 1.29 is 8.42 Å². The third-order valence-corrected chi connectivity index (χ3v) is 3.88. The van der Waals surface area contributed by atoms with E-state index in [9.17, 15) is 8.42 Å². The highest BCUT2D eigenvalue weighted by atomic mass is 32.2. The molecule has 0 aliphatic rings. The van der Waals surface area contributed by atoms with Gasteiger partial charge in [-0.05, 0) is 19.1 Å². The summed E-state index contributed by atoms with van der Waals surface area (Å²) in [5.41, 5.74) is 1.04. The van der Waals surface area contributed by atoms with Gasteiger partial charge in [0.05, 0.1) is 10.6 Å². The quantitative estimate of drug-likeness (QED) is 0.608. The Morgan fingerprint density at radius 2 is 1.82 bits per heavy atom. The SMILES string of the molecule is C#N.[C-]#[N+]CCCS(=O)(=O)c1ccc(C)cc1. The molecule has 0 aromatic heterocycles. The molecule has 1 aromatic rings. The molecule has 0 radical (unpaired) electrons. The largest absolute Gasteiger partial charge is 0.317 e. The second kappa shape index (κ2) is 7.43. The lowest BCUT2D eigenvalue weighted by Gasteiger charge is -2.02. The number of nitrogens with zero attached hydrogens (tertiary/aromatic N) is 2. The van der Waals surface area contributed by atoms with Gasteiger partial charge in [0.25, 0.3) is 0 Å². The molecule has 5 heteroatoms. The minimum atomic E-state index is -3.19. The number of sulfone groups is 1. The number of hydrogen-bond acceptors (Lipinski definition) is 3. The smallest absolute Gasteiger partial charge is 0.215 e. The Morgan fingerprint density at radius 3 is 2.29 bits per heavy atom. The maximum atomic E-state index is 11.7. The zero-order valence-corrected chi connectivity index (χ0v) is 10.4. The van der Waals surface area contributed by atoms with Crippen molar-refractivity contribution in [3.05, 3.63) is 41.2 Å². The van der Waals surface area contributed by atoms with Crippen LogP contribution in [0.5, 0.6) is 0 Å². The lowest BCUT2D eigenvalue weighted by atomic mass is 10.2. The molecule has 0 saturated heterocycles. The van der Waals surface area contributed by atoms with E-state index >= 15 is 0 Å². The van der Waals surface area contributed by atoms with Crippen molar-refractivity contribution in [2.75, 3.05) is 12.3 Å². The minimum Gasteiger partial charge on any atom is -0.317 e. The van der Waals surface area contributed by atoms with E-state index in [0.717, 1.165) is 5.56 Å². The van der Waals surface area contributed by atoms with E-state index in [-0.39, 0.29) is 12.3 Å². The summed E-state index contributed by atoms with van der Waals surface area (Å²) < 4.78 is 23.4. The summed E-state index contributed by atoms with van der Waals surface area (Å²) in [6, 6.07) is 6.79. The molecule has 4 nitrogen and oxygen atoms in total. The third kappa shape index (κ3) is 5.14. The van der Waals surface area contributed by atoms with Crippen molar-refractivity contribution in [1.82, 2.24) is 0 Å². The first-order chi connectivity index (χ1) is 8.06. The molecule has 1 aromatic carbocycles. The second-order valence-corrected chi connectivity index (χ2v) is 5.48. The molecule has 0 amide bonds. The topological polar surface area (TPSA) is 62.3 Å². The fourth-order valence-electron chi connectivity index (χ4n) is 1.20. The third-order valence-electron chi connectivity index (χ3n) is 2.06. The van der Waals surface area contributed by atoms with Crippen LogP contribution in [0.4, 0.5) is 0 Å². The Balaban J connectivity index is 0.00000121. The van der Waals surface area contributed by atoms with Crippen LogP contribution in [-0.2, 0) is 9.84 Å². The second-order valence-electron chi connectivity index (χ2n) is 3.37. The first kappa shape index (κ1) is 15.2. The molecule has 0 spiro atoms. The molecule has 90 valence electrons. The lowest BCUT2D eigenvalue weighted by Crippen LogP contribution is -2.07. The van der Waals surface area contributed by atoms with Crippen LogP contribution in [0.15, 0.2) is 29.2 Å². The van der Waals surface area contributed by atoms with Crippen LogP contribution in [0.3, 0.4) is 0 Å². The van der Waals surface area contributed by atoms with Crippen LogP contribution in [0.25, 0.3) is 4.85 Å². The van der Waals surface area contributed by atoms with E-state index in [0.29, 0.717) is 11.3 Å². The van der Waals surface area contributed by atoms with Crippen LogP contribution in [0.1, 0.15) is 12.0 Å². The highest BCUT2D eigenvalue weighted by molar-refractivity contribution is 7.91. The highest BCUT2D eigenvalue weighted by Gasteiger charge is 2.13. The van der Waals surface area contributed by atoms with Gasteiger partial charge in [-0.2, -0.15) is 0 Å². The van der Waals surface area contributed by atoms with E-state index in [1.54, 1.807) is 24.3 Å². The summed E-state index contributed by atoms with van der Waals surface area (Å²) in [5.74, 6) is 0.0540. The highest BCUT2D eigenvalue weighted by Crippen LogP contribution is 2.12. The van der Waals surface area contributed by atoms with Crippen LogP contribution in [0.2, 0.25) is 0 Å². The molecule has 0 aliphatic carbocycles. The van der Waals surface area contributed by atoms with Gasteiger partial charge >= 0.3 is 0 Å². The average Bonchev–Trinajstić information content (AvgIpc) is 2.32. The summed E-state index contributed by atoms with van der Waals surface area (Å²) in [7, 11) is -3.19. The number of hydrogen-bond donors (Lipinski definition) is 0. The summed E-state index contributed by atoms with van der Waals surface area (Å²) >= 11 is 0. The van der Waals surface area contributed by atoms with Gasteiger partial charge in [0.15, 0.2) is 9.84 Å². The fourth-order valence-corrected chi connectivity index (χ4v) is 2.49. The predicted molar refractivity (Wildman–Crippen MR) is 66.0 cm³/mol. The van der Waals surface area contributed by atoms with Crippen molar-refractivity contribution in [1.29, 1.82) is 5.26 Å². The zero-order chi connectivity index (χ0) is 13.3. The van der Waals surface area contributed by atoms with Crippen LogP contribution < -0.4 is 0 Å². The van der Waals surface area contributed by atoms with E-state index in [1.165, 1.54) is 0 Å². The first-order valence-electron chi connectivity index (χ1n) is 4.95. The standard InChI is InChI=1S/C11H13NO2S.CHN/c1-10-4-6-11(7-5-10)15(13,14)9-3-8-12-2;1-2/h4-7H,3,8-9H2,1H3;1H. The van der Waals surface area contributed by atoms with Crippen LogP contribution >= 0.6 is 0 Å². The molecule has 17 heavy (non-hydrogen) atoms. The van der Waals surface area contributed by atoms with Gasteiger partial charge in [-0.3, -0.25) is 0 Å². The number of benzene rings is 1. The van der Waals surface area contributed by atoms with Crippen molar-refractivity contribution in [3.63, 3.8) is 0 Å². The summed E-state index contributed by atoms with van der Waals surface area (Å²) in [4.78, 5) is 3.48. The van der Waals surface area contributed by atoms with Gasteiger partial charge in [-0.25, -0.2) is 20.3 Å². The molecular weight excluding hydrogens is 236 g/mol. The number of rotatable bonds is 4. The van der Waals surface area contributed by atoms with E-state index in [2.05, 4.69) is 11.4 Å². The van der Waals surface area contributed by atoms with E-state index in [1.807, 2.05) is 6.92 Å². The van der Waals surface area contributed by atoms with Gasteiger partial charge in [0.2, 0.25) is 6.54 Å². The van der Waals surface area contributed by atoms with Gasteiger partial charge < -0.3 is 4.85 Å². The Bertz CT molecular complexity index is 496. The fraction of sp³-hybridized carbons (Fsp3) is 0.333. The van der Waals surface area contributed by atoms with Gasteiger partial charge in [0, 0.05) is 13.0 Å². The van der Waals surface area contributed by atoms with Crippen LogP contribution in [-0.4, -0.2) is 20.7 Å². The monoisotopic (exact) mass is 250 g/mol. The molecule has 0 aliphatic heterocycles. The molecule has 1 rings (SSSR count). The number of aryl methyl sites for hydroxylation is 1. The van der Waals surface area contributed by atoms with Crippen molar-refractivity contribution in [2.24, 2.45) is 0 Å². The molecule has 0 unspecified atom stereocenters. The first-order valence-corrected chi connectivity index (χ1v) is 6.60. The summed E-state index contributed by atoms with van der Waals surface area (Å²) in [6.07, 6.45) is 0.402. The average molecular weight is 250 g/mol. The molecule has 0 fully saturated rings. The van der Waals surface area contributed by atoms with Crippen LogP contribution in [0, 0.1) is 25.3 Å². The predicted octanol–water partition coefficient (Wildman–Crippen LogP) is 2.22. The Kier molecular flexibility index (Phi) is 6.62. The molecule has 0 saturated carbocycles. The summed E-state index contributed by atoms with van der Waals surface area (Å²) in [5, 5.41) is 6.50. The minimum absolute atomic E-state index is 0.0540. The number of nitriles is 1. The molecular formula is C12H14N2O2S. The Labute approximate surface area is 102 Å². The molecule has 0 N–H and O–H groups in total. The van der Waals surface area contributed by atoms with E-state index in [4.69, 9.17) is 11.8 Å². The maximum absolute atomic E-state index is 11.7. The van der Waals surface area contributed by atoms with Crippen molar-refractivity contribution in [3.8, 4) is 6.57 Å². The maximum Gasteiger partial charge on any atom is 0.215 e. The van der Waals surface area contributed by atoms with Gasteiger partial charge in [-0.1, -0.05) is 17.7 Å².